The Morgan fingerprint density at radius 3 is 2.35 bits per heavy atom. The van der Waals surface area contributed by atoms with Crippen molar-refractivity contribution in [2.75, 3.05) is 0 Å². The summed E-state index contributed by atoms with van der Waals surface area (Å²) >= 11 is 0. The van der Waals surface area contributed by atoms with Crippen LogP contribution in [0.4, 0.5) is 0 Å². The lowest BCUT2D eigenvalue weighted by atomic mass is 10.00. The summed E-state index contributed by atoms with van der Waals surface area (Å²) in [6, 6.07) is 17.3. The maximum Gasteiger partial charge on any atom is 0.105 e. The fraction of sp³-hybridized carbons (Fsp3) is 0.167. The van der Waals surface area contributed by atoms with Crippen LogP contribution in [0.15, 0.2) is 60.9 Å². The number of rotatable bonds is 3. The Labute approximate surface area is 119 Å². The molecule has 20 heavy (non-hydrogen) atoms. The van der Waals surface area contributed by atoms with Crippen molar-refractivity contribution in [3.8, 4) is 11.1 Å². The zero-order valence-corrected chi connectivity index (χ0v) is 11.9. The summed E-state index contributed by atoms with van der Waals surface area (Å²) in [4.78, 5) is 4.25. The Balaban J connectivity index is 1.85. The highest BCUT2D eigenvalue weighted by Gasteiger charge is 2.02. The zero-order valence-electron chi connectivity index (χ0n) is 11.9. The van der Waals surface area contributed by atoms with E-state index in [1.165, 1.54) is 22.3 Å². The van der Waals surface area contributed by atoms with E-state index in [2.05, 4.69) is 65.0 Å². The van der Waals surface area contributed by atoms with Crippen molar-refractivity contribution in [1.82, 2.24) is 9.55 Å². The molecule has 100 valence electrons. The first-order valence-electron chi connectivity index (χ1n) is 6.87. The van der Waals surface area contributed by atoms with Gasteiger partial charge in [-0.05, 0) is 36.1 Å². The van der Waals surface area contributed by atoms with E-state index < -0.39 is 0 Å². The molecule has 0 unspecified atom stereocenters. The molecule has 0 atom stereocenters. The summed E-state index contributed by atoms with van der Waals surface area (Å²) in [5, 5.41) is 0. The number of imidazole rings is 1. The quantitative estimate of drug-likeness (QED) is 0.691. The van der Waals surface area contributed by atoms with Crippen molar-refractivity contribution in [2.45, 2.75) is 20.4 Å². The minimum absolute atomic E-state index is 0.875. The normalized spacial score (nSPS) is 10.7. The number of nitrogens with zero attached hydrogens (tertiary/aromatic N) is 2. The zero-order chi connectivity index (χ0) is 13.9. The van der Waals surface area contributed by atoms with Crippen LogP contribution in [0.25, 0.3) is 11.1 Å². The predicted octanol–water partition coefficient (Wildman–Crippen LogP) is 4.22. The molecule has 0 spiro atoms. The van der Waals surface area contributed by atoms with Gasteiger partial charge < -0.3 is 4.57 Å². The molecule has 3 aromatic rings. The lowest BCUT2D eigenvalue weighted by molar-refractivity contribution is 0.762. The van der Waals surface area contributed by atoms with Gasteiger partial charge in [-0.3, -0.25) is 0 Å². The van der Waals surface area contributed by atoms with Gasteiger partial charge in [-0.1, -0.05) is 48.5 Å². The molecule has 2 heteroatoms. The number of hydrogen-bond acceptors (Lipinski definition) is 1. The van der Waals surface area contributed by atoms with Gasteiger partial charge in [-0.15, -0.1) is 0 Å². The van der Waals surface area contributed by atoms with Crippen LogP contribution in [-0.2, 0) is 6.54 Å². The molecule has 1 heterocycles. The van der Waals surface area contributed by atoms with Crippen LogP contribution in [-0.4, -0.2) is 9.55 Å². The Morgan fingerprint density at radius 1 is 0.950 bits per heavy atom. The molecule has 0 aliphatic heterocycles. The Kier molecular flexibility index (Phi) is 3.38. The molecule has 0 amide bonds. The van der Waals surface area contributed by atoms with E-state index >= 15 is 0 Å². The van der Waals surface area contributed by atoms with Crippen LogP contribution >= 0.6 is 0 Å². The van der Waals surface area contributed by atoms with Crippen molar-refractivity contribution in [1.29, 1.82) is 0 Å². The molecule has 0 N–H and O–H groups in total. The number of benzene rings is 2. The standard InChI is InChI=1S/C18H18N2/c1-14-5-3-4-6-18(14)17-9-7-16(8-10-17)13-20-12-11-19-15(20)2/h3-12H,13H2,1-2H3. The van der Waals surface area contributed by atoms with Gasteiger partial charge in [0, 0.05) is 18.9 Å². The van der Waals surface area contributed by atoms with E-state index in [0.29, 0.717) is 0 Å². The minimum Gasteiger partial charge on any atom is -0.331 e. The molecule has 0 saturated heterocycles. The monoisotopic (exact) mass is 262 g/mol. The second-order valence-electron chi connectivity index (χ2n) is 5.11. The molecule has 2 nitrogen and oxygen atoms in total. The number of hydrogen-bond donors (Lipinski definition) is 0. The lowest BCUT2D eigenvalue weighted by Crippen LogP contribution is -2.00. The Hall–Kier alpha value is -2.35. The molecular weight excluding hydrogens is 244 g/mol. The highest BCUT2D eigenvalue weighted by atomic mass is 15.0. The van der Waals surface area contributed by atoms with Crippen molar-refractivity contribution in [3.63, 3.8) is 0 Å². The first kappa shape index (κ1) is 12.7. The van der Waals surface area contributed by atoms with Gasteiger partial charge in [-0.2, -0.15) is 0 Å². The summed E-state index contributed by atoms with van der Waals surface area (Å²) in [5.41, 5.74) is 5.18. The van der Waals surface area contributed by atoms with E-state index in [4.69, 9.17) is 0 Å². The summed E-state index contributed by atoms with van der Waals surface area (Å²) in [6.45, 7) is 5.06. The first-order chi connectivity index (χ1) is 9.74. The van der Waals surface area contributed by atoms with Gasteiger partial charge in [0.1, 0.15) is 5.82 Å². The van der Waals surface area contributed by atoms with Crippen molar-refractivity contribution < 1.29 is 0 Å². The van der Waals surface area contributed by atoms with Gasteiger partial charge >= 0.3 is 0 Å². The topological polar surface area (TPSA) is 17.8 Å². The van der Waals surface area contributed by atoms with E-state index in [0.717, 1.165) is 12.4 Å². The van der Waals surface area contributed by atoms with Crippen LogP contribution in [0.5, 0.6) is 0 Å². The minimum atomic E-state index is 0.875. The van der Waals surface area contributed by atoms with Gasteiger partial charge in [0.25, 0.3) is 0 Å². The third kappa shape index (κ3) is 2.50. The molecular formula is C18H18N2. The first-order valence-corrected chi connectivity index (χ1v) is 6.87. The van der Waals surface area contributed by atoms with Crippen molar-refractivity contribution in [2.24, 2.45) is 0 Å². The van der Waals surface area contributed by atoms with Gasteiger partial charge in [0.15, 0.2) is 0 Å². The molecule has 0 fully saturated rings. The molecule has 0 saturated carbocycles. The summed E-state index contributed by atoms with van der Waals surface area (Å²) in [6.07, 6.45) is 3.86. The molecule has 2 aromatic carbocycles. The van der Waals surface area contributed by atoms with Gasteiger partial charge in [0.2, 0.25) is 0 Å². The molecule has 0 bridgehead atoms. The Morgan fingerprint density at radius 2 is 1.70 bits per heavy atom. The van der Waals surface area contributed by atoms with E-state index in [1.54, 1.807) is 0 Å². The Bertz CT molecular complexity index is 708. The maximum atomic E-state index is 4.25. The number of aryl methyl sites for hydroxylation is 2. The maximum absolute atomic E-state index is 4.25. The van der Waals surface area contributed by atoms with E-state index in [1.807, 2.05) is 19.3 Å². The molecule has 0 aliphatic rings. The predicted molar refractivity (Wildman–Crippen MR) is 82.7 cm³/mol. The van der Waals surface area contributed by atoms with Crippen LogP contribution in [0.3, 0.4) is 0 Å². The number of aromatic nitrogens is 2. The second kappa shape index (κ2) is 5.33. The molecule has 1 aromatic heterocycles. The molecule has 0 radical (unpaired) electrons. The summed E-state index contributed by atoms with van der Waals surface area (Å²) in [7, 11) is 0. The SMILES string of the molecule is Cc1ccccc1-c1ccc(Cn2ccnc2C)cc1. The largest absolute Gasteiger partial charge is 0.331 e. The van der Waals surface area contributed by atoms with Crippen LogP contribution in [0, 0.1) is 13.8 Å². The lowest BCUT2D eigenvalue weighted by Gasteiger charge is -2.08. The van der Waals surface area contributed by atoms with Crippen LogP contribution < -0.4 is 0 Å². The highest BCUT2D eigenvalue weighted by Crippen LogP contribution is 2.23. The summed E-state index contributed by atoms with van der Waals surface area (Å²) < 4.78 is 2.16. The van der Waals surface area contributed by atoms with Crippen molar-refractivity contribution in [3.05, 3.63) is 77.9 Å². The molecule has 0 aliphatic carbocycles. The van der Waals surface area contributed by atoms with Crippen molar-refractivity contribution >= 4 is 0 Å². The third-order valence-corrected chi connectivity index (χ3v) is 3.69. The van der Waals surface area contributed by atoms with Crippen LogP contribution in [0.1, 0.15) is 17.0 Å². The third-order valence-electron chi connectivity index (χ3n) is 3.69. The van der Waals surface area contributed by atoms with E-state index in [-0.39, 0.29) is 0 Å². The van der Waals surface area contributed by atoms with Crippen LogP contribution in [0.2, 0.25) is 0 Å². The van der Waals surface area contributed by atoms with E-state index in [9.17, 15) is 0 Å². The highest BCUT2D eigenvalue weighted by molar-refractivity contribution is 5.67. The average Bonchev–Trinajstić information content (AvgIpc) is 2.86. The fourth-order valence-electron chi connectivity index (χ4n) is 2.45. The second-order valence-corrected chi connectivity index (χ2v) is 5.11. The summed E-state index contributed by atoms with van der Waals surface area (Å²) in [5.74, 6) is 1.05. The smallest absolute Gasteiger partial charge is 0.105 e. The van der Waals surface area contributed by atoms with Gasteiger partial charge in [-0.25, -0.2) is 4.98 Å². The van der Waals surface area contributed by atoms with Gasteiger partial charge in [0.05, 0.1) is 0 Å². The average molecular weight is 262 g/mol. The fourth-order valence-corrected chi connectivity index (χ4v) is 2.45. The molecule has 3 rings (SSSR count).